The van der Waals surface area contributed by atoms with Crippen molar-refractivity contribution in [3.05, 3.63) is 0 Å². The molecule has 2 fully saturated rings. The predicted octanol–water partition coefficient (Wildman–Crippen LogP) is 4.96. The third kappa shape index (κ3) is 11.1. The third-order valence-electron chi connectivity index (χ3n) is 6.91. The van der Waals surface area contributed by atoms with E-state index in [0.717, 1.165) is 6.54 Å². The minimum atomic E-state index is 0.462. The van der Waals surface area contributed by atoms with E-state index in [1.54, 1.807) is 0 Å². The molecule has 4 heteroatoms. The first-order chi connectivity index (χ1) is 14.3. The van der Waals surface area contributed by atoms with Gasteiger partial charge >= 0.3 is 0 Å². The highest BCUT2D eigenvalue weighted by Crippen LogP contribution is 2.13. The SMILES string of the molecule is CCCCCCCCCN1CC[N]C(N2CCN(CCCCCCCC)CC2)C1. The molecule has 2 heterocycles. The Labute approximate surface area is 182 Å². The maximum Gasteiger partial charge on any atom is 0.0891 e. The fourth-order valence-corrected chi connectivity index (χ4v) is 4.86. The van der Waals surface area contributed by atoms with Crippen molar-refractivity contribution in [2.24, 2.45) is 0 Å². The molecule has 2 aliphatic heterocycles. The lowest BCUT2D eigenvalue weighted by Crippen LogP contribution is -2.59. The second-order valence-electron chi connectivity index (χ2n) is 9.45. The van der Waals surface area contributed by atoms with Gasteiger partial charge < -0.3 is 4.90 Å². The van der Waals surface area contributed by atoms with Crippen LogP contribution in [-0.4, -0.2) is 79.8 Å². The van der Waals surface area contributed by atoms with Crippen LogP contribution in [-0.2, 0) is 0 Å². The molecule has 1 unspecified atom stereocenters. The van der Waals surface area contributed by atoms with Gasteiger partial charge in [-0.3, -0.25) is 9.80 Å². The molecular weight excluding hydrogens is 356 g/mol. The molecule has 1 radical (unpaired) electrons. The molecule has 0 N–H and O–H groups in total. The Morgan fingerprint density at radius 3 is 1.69 bits per heavy atom. The number of hydrogen-bond donors (Lipinski definition) is 0. The van der Waals surface area contributed by atoms with Crippen LogP contribution < -0.4 is 5.32 Å². The van der Waals surface area contributed by atoms with Gasteiger partial charge in [-0.15, -0.1) is 0 Å². The number of nitrogens with zero attached hydrogens (tertiary/aromatic N) is 4. The molecule has 0 aliphatic carbocycles. The van der Waals surface area contributed by atoms with Crippen molar-refractivity contribution in [2.75, 3.05) is 58.9 Å². The molecule has 2 saturated heterocycles. The third-order valence-corrected chi connectivity index (χ3v) is 6.91. The summed E-state index contributed by atoms with van der Waals surface area (Å²) >= 11 is 0. The summed E-state index contributed by atoms with van der Waals surface area (Å²) in [4.78, 5) is 8.04. The van der Waals surface area contributed by atoms with Crippen LogP contribution in [0.3, 0.4) is 0 Å². The van der Waals surface area contributed by atoms with Crippen LogP contribution in [0, 0.1) is 0 Å². The maximum absolute atomic E-state index is 4.98. The van der Waals surface area contributed by atoms with Gasteiger partial charge in [-0.2, -0.15) is 0 Å². The Bertz CT molecular complexity index is 368. The van der Waals surface area contributed by atoms with E-state index in [-0.39, 0.29) is 0 Å². The summed E-state index contributed by atoms with van der Waals surface area (Å²) in [6.45, 7) is 15.5. The second-order valence-corrected chi connectivity index (χ2v) is 9.45. The van der Waals surface area contributed by atoms with E-state index in [2.05, 4.69) is 28.5 Å². The molecule has 2 aliphatic rings. The van der Waals surface area contributed by atoms with Gasteiger partial charge in [0.1, 0.15) is 0 Å². The van der Waals surface area contributed by atoms with Crippen molar-refractivity contribution in [1.82, 2.24) is 20.0 Å². The monoisotopic (exact) mass is 407 g/mol. The minimum Gasteiger partial charge on any atom is -0.301 e. The quantitative estimate of drug-likeness (QED) is 0.338. The summed E-state index contributed by atoms with van der Waals surface area (Å²) in [6, 6.07) is 0. The number of unbranched alkanes of at least 4 members (excludes halogenated alkanes) is 11. The van der Waals surface area contributed by atoms with Crippen LogP contribution >= 0.6 is 0 Å². The van der Waals surface area contributed by atoms with E-state index in [0.29, 0.717) is 6.17 Å². The minimum absolute atomic E-state index is 0.462. The molecule has 0 aromatic heterocycles. The first kappa shape index (κ1) is 25.1. The van der Waals surface area contributed by atoms with Crippen LogP contribution in [0.5, 0.6) is 0 Å². The fourth-order valence-electron chi connectivity index (χ4n) is 4.86. The van der Waals surface area contributed by atoms with Gasteiger partial charge in [0.25, 0.3) is 0 Å². The second kappa shape index (κ2) is 16.5. The van der Waals surface area contributed by atoms with E-state index in [4.69, 9.17) is 5.32 Å². The van der Waals surface area contributed by atoms with E-state index in [1.165, 1.54) is 136 Å². The van der Waals surface area contributed by atoms with Gasteiger partial charge in [0.2, 0.25) is 0 Å². The zero-order chi connectivity index (χ0) is 20.6. The highest BCUT2D eigenvalue weighted by molar-refractivity contribution is 4.83. The van der Waals surface area contributed by atoms with Crippen molar-refractivity contribution >= 4 is 0 Å². The van der Waals surface area contributed by atoms with Crippen molar-refractivity contribution < 1.29 is 0 Å². The fraction of sp³-hybridized carbons (Fsp3) is 1.00. The summed E-state index contributed by atoms with van der Waals surface area (Å²) < 4.78 is 0. The van der Waals surface area contributed by atoms with Crippen molar-refractivity contribution in [2.45, 2.75) is 103 Å². The average molecular weight is 408 g/mol. The lowest BCUT2D eigenvalue weighted by molar-refractivity contribution is 0.0386. The number of rotatable bonds is 16. The molecule has 1 atom stereocenters. The molecule has 2 rings (SSSR count). The molecule has 4 nitrogen and oxygen atoms in total. The topological polar surface area (TPSA) is 23.8 Å². The van der Waals surface area contributed by atoms with Crippen LogP contribution in [0.15, 0.2) is 0 Å². The zero-order valence-corrected chi connectivity index (χ0v) is 19.9. The highest BCUT2D eigenvalue weighted by atomic mass is 15.4. The maximum atomic E-state index is 4.98. The van der Waals surface area contributed by atoms with Crippen LogP contribution in [0.4, 0.5) is 0 Å². The Kier molecular flexibility index (Phi) is 14.3. The summed E-state index contributed by atoms with van der Waals surface area (Å²) in [7, 11) is 0. The number of hydrogen-bond acceptors (Lipinski definition) is 3. The zero-order valence-electron chi connectivity index (χ0n) is 19.9. The Balaban J connectivity index is 1.51. The molecule has 0 aromatic rings. The highest BCUT2D eigenvalue weighted by Gasteiger charge is 2.28. The molecule has 0 bridgehead atoms. The summed E-state index contributed by atoms with van der Waals surface area (Å²) in [5, 5.41) is 4.98. The van der Waals surface area contributed by atoms with E-state index in [9.17, 15) is 0 Å². The Hall–Kier alpha value is -0.160. The first-order valence-electron chi connectivity index (χ1n) is 13.2. The van der Waals surface area contributed by atoms with E-state index in [1.807, 2.05) is 0 Å². The Morgan fingerprint density at radius 1 is 0.586 bits per heavy atom. The molecule has 29 heavy (non-hydrogen) atoms. The molecular formula is C25H51N4. The van der Waals surface area contributed by atoms with Gasteiger partial charge in [0, 0.05) is 45.8 Å². The summed E-state index contributed by atoms with van der Waals surface area (Å²) in [6.07, 6.45) is 18.8. The number of piperazine rings is 2. The summed E-state index contributed by atoms with van der Waals surface area (Å²) in [5.74, 6) is 0. The predicted molar refractivity (Wildman–Crippen MR) is 127 cm³/mol. The molecule has 171 valence electrons. The van der Waals surface area contributed by atoms with Gasteiger partial charge in [0.15, 0.2) is 0 Å². The van der Waals surface area contributed by atoms with Crippen molar-refractivity contribution in [3.8, 4) is 0 Å². The van der Waals surface area contributed by atoms with Crippen molar-refractivity contribution in [3.63, 3.8) is 0 Å². The summed E-state index contributed by atoms with van der Waals surface area (Å²) in [5.41, 5.74) is 0. The smallest absolute Gasteiger partial charge is 0.0891 e. The molecule has 0 aromatic carbocycles. The molecule has 0 amide bonds. The largest absolute Gasteiger partial charge is 0.301 e. The van der Waals surface area contributed by atoms with Gasteiger partial charge in [-0.1, -0.05) is 84.5 Å². The normalized spacial score (nSPS) is 22.3. The van der Waals surface area contributed by atoms with Crippen LogP contribution in [0.1, 0.15) is 97.3 Å². The molecule has 0 saturated carbocycles. The lowest BCUT2D eigenvalue weighted by Gasteiger charge is -2.43. The van der Waals surface area contributed by atoms with E-state index >= 15 is 0 Å². The van der Waals surface area contributed by atoms with Crippen LogP contribution in [0.2, 0.25) is 0 Å². The standard InChI is InChI=1S/C25H51N4/c1-3-5-7-9-11-13-15-18-28-19-16-26-25(24-28)29-22-20-27(21-23-29)17-14-12-10-8-6-4-2/h25H,3-24H2,1-2H3. The van der Waals surface area contributed by atoms with E-state index < -0.39 is 0 Å². The van der Waals surface area contributed by atoms with Gasteiger partial charge in [-0.25, -0.2) is 5.32 Å². The lowest BCUT2D eigenvalue weighted by atomic mass is 10.1. The first-order valence-corrected chi connectivity index (χ1v) is 13.2. The average Bonchev–Trinajstić information content (AvgIpc) is 2.76. The van der Waals surface area contributed by atoms with Crippen LogP contribution in [0.25, 0.3) is 0 Å². The molecule has 0 spiro atoms. The Morgan fingerprint density at radius 2 is 1.10 bits per heavy atom. The van der Waals surface area contributed by atoms with Gasteiger partial charge in [-0.05, 0) is 25.9 Å². The van der Waals surface area contributed by atoms with Gasteiger partial charge in [0.05, 0.1) is 6.17 Å². The van der Waals surface area contributed by atoms with Crippen molar-refractivity contribution in [1.29, 1.82) is 0 Å².